The van der Waals surface area contributed by atoms with E-state index in [0.29, 0.717) is 11.0 Å². The smallest absolute Gasteiger partial charge is 0.359 e. The van der Waals surface area contributed by atoms with E-state index in [1.165, 1.54) is 27.5 Å². The van der Waals surface area contributed by atoms with Gasteiger partial charge in [-0.1, -0.05) is 12.1 Å². The normalized spacial score (nSPS) is 15.0. The van der Waals surface area contributed by atoms with Crippen molar-refractivity contribution in [3.05, 3.63) is 66.2 Å². The van der Waals surface area contributed by atoms with E-state index in [1.54, 1.807) is 24.3 Å². The number of hydrogen-bond donors (Lipinski definition) is 0. The minimum absolute atomic E-state index is 0.00768. The highest BCUT2D eigenvalue weighted by molar-refractivity contribution is 7.89. The average molecular weight is 458 g/mol. The van der Waals surface area contributed by atoms with E-state index in [2.05, 4.69) is 9.97 Å². The predicted molar refractivity (Wildman–Crippen MR) is 112 cm³/mol. The van der Waals surface area contributed by atoms with Crippen molar-refractivity contribution in [1.29, 1.82) is 0 Å². The molecule has 3 aromatic rings. The molecule has 0 atom stereocenters. The molecule has 166 valence electrons. The van der Waals surface area contributed by atoms with Crippen LogP contribution in [-0.4, -0.2) is 72.3 Å². The number of esters is 1. The van der Waals surface area contributed by atoms with E-state index in [1.807, 2.05) is 0 Å². The third kappa shape index (κ3) is 4.58. The van der Waals surface area contributed by atoms with Gasteiger partial charge in [-0.05, 0) is 36.4 Å². The van der Waals surface area contributed by atoms with E-state index < -0.39 is 34.3 Å². The van der Waals surface area contributed by atoms with E-state index in [4.69, 9.17) is 4.74 Å². The first-order valence-electron chi connectivity index (χ1n) is 9.77. The molecule has 0 spiro atoms. The molecule has 1 saturated heterocycles. The highest BCUT2D eigenvalue weighted by atomic mass is 32.2. The summed E-state index contributed by atoms with van der Waals surface area (Å²) in [6.07, 6.45) is 1.29. The van der Waals surface area contributed by atoms with Crippen LogP contribution in [0.1, 0.15) is 10.5 Å². The number of fused-ring (bicyclic) bond motifs is 1. The summed E-state index contributed by atoms with van der Waals surface area (Å²) >= 11 is 0. The van der Waals surface area contributed by atoms with E-state index in [9.17, 15) is 22.4 Å². The Bertz CT molecular complexity index is 1260. The second kappa shape index (κ2) is 8.97. The molecule has 0 bridgehead atoms. The lowest BCUT2D eigenvalue weighted by Crippen LogP contribution is -2.51. The number of rotatable bonds is 5. The molecule has 1 aliphatic rings. The van der Waals surface area contributed by atoms with Gasteiger partial charge in [0, 0.05) is 26.2 Å². The van der Waals surface area contributed by atoms with E-state index >= 15 is 0 Å². The van der Waals surface area contributed by atoms with Crippen LogP contribution in [0.4, 0.5) is 4.39 Å². The summed E-state index contributed by atoms with van der Waals surface area (Å²) in [5.74, 6) is -1.73. The maximum absolute atomic E-state index is 13.1. The highest BCUT2D eigenvalue weighted by Gasteiger charge is 2.30. The summed E-state index contributed by atoms with van der Waals surface area (Å²) in [7, 11) is -3.78. The van der Waals surface area contributed by atoms with Gasteiger partial charge >= 0.3 is 5.97 Å². The standard InChI is InChI=1S/C21H19FN4O5S/c22-15-5-7-16(8-6-15)32(29,30)26-11-9-25(10-12-26)20(27)14-31-21(28)19-13-23-17-3-1-2-4-18(17)24-19/h1-8,13H,9-12,14H2. The molecule has 1 aliphatic heterocycles. The number of carbonyl (C=O) groups excluding carboxylic acids is 2. The lowest BCUT2D eigenvalue weighted by atomic mass is 10.3. The lowest BCUT2D eigenvalue weighted by Gasteiger charge is -2.33. The summed E-state index contributed by atoms with van der Waals surface area (Å²) < 4.78 is 44.7. The van der Waals surface area contributed by atoms with Gasteiger partial charge in [0.05, 0.1) is 22.1 Å². The zero-order valence-electron chi connectivity index (χ0n) is 16.8. The van der Waals surface area contributed by atoms with Gasteiger partial charge in [0.25, 0.3) is 5.91 Å². The first-order chi connectivity index (χ1) is 15.3. The third-order valence-electron chi connectivity index (χ3n) is 5.03. The van der Waals surface area contributed by atoms with Gasteiger partial charge in [0.1, 0.15) is 5.82 Å². The maximum Gasteiger partial charge on any atom is 0.359 e. The van der Waals surface area contributed by atoms with E-state index in [0.717, 1.165) is 12.1 Å². The van der Waals surface area contributed by atoms with Crippen molar-refractivity contribution in [2.45, 2.75) is 4.90 Å². The van der Waals surface area contributed by atoms with Crippen LogP contribution in [0.3, 0.4) is 0 Å². The van der Waals surface area contributed by atoms with Crippen LogP contribution >= 0.6 is 0 Å². The van der Waals surface area contributed by atoms with Gasteiger partial charge in [0.15, 0.2) is 12.3 Å². The first kappa shape index (κ1) is 21.8. The SMILES string of the molecule is O=C(OCC(=O)N1CCN(S(=O)(=O)c2ccc(F)cc2)CC1)c1cnc2ccccc2n1. The average Bonchev–Trinajstić information content (AvgIpc) is 2.82. The quantitative estimate of drug-likeness (QED) is 0.533. The van der Waals surface area contributed by atoms with Crippen molar-refractivity contribution in [2.75, 3.05) is 32.8 Å². The number of ether oxygens (including phenoxy) is 1. The molecule has 1 fully saturated rings. The summed E-state index contributed by atoms with van der Waals surface area (Å²) in [5, 5.41) is 0. The topological polar surface area (TPSA) is 110 Å². The molecule has 11 heteroatoms. The molecule has 2 heterocycles. The predicted octanol–water partition coefficient (Wildman–Crippen LogP) is 1.46. The molecule has 0 N–H and O–H groups in total. The van der Waals surface area contributed by atoms with Gasteiger partial charge in [-0.2, -0.15) is 4.31 Å². The van der Waals surface area contributed by atoms with E-state index in [-0.39, 0.29) is 36.8 Å². The molecule has 32 heavy (non-hydrogen) atoms. The van der Waals surface area contributed by atoms with Gasteiger partial charge in [-0.3, -0.25) is 9.78 Å². The Morgan fingerprint density at radius 2 is 1.62 bits per heavy atom. The van der Waals surface area contributed by atoms with Gasteiger partial charge in [-0.15, -0.1) is 0 Å². The Morgan fingerprint density at radius 3 is 2.31 bits per heavy atom. The first-order valence-corrected chi connectivity index (χ1v) is 11.2. The zero-order chi connectivity index (χ0) is 22.7. The maximum atomic E-state index is 13.1. The Morgan fingerprint density at radius 1 is 0.969 bits per heavy atom. The minimum Gasteiger partial charge on any atom is -0.451 e. The van der Waals surface area contributed by atoms with Crippen LogP contribution in [0.25, 0.3) is 11.0 Å². The Balaban J connectivity index is 1.31. The van der Waals surface area contributed by atoms with Crippen molar-refractivity contribution < 1.29 is 27.1 Å². The fraction of sp³-hybridized carbons (Fsp3) is 0.238. The van der Waals surface area contributed by atoms with Crippen LogP contribution in [0, 0.1) is 5.82 Å². The molecular weight excluding hydrogens is 439 g/mol. The molecule has 2 aromatic carbocycles. The molecule has 4 rings (SSSR count). The Hall–Kier alpha value is -3.44. The van der Waals surface area contributed by atoms with Crippen LogP contribution < -0.4 is 0 Å². The number of para-hydroxylation sites is 2. The molecule has 1 amide bonds. The third-order valence-corrected chi connectivity index (χ3v) is 6.94. The molecule has 0 radical (unpaired) electrons. The number of benzene rings is 2. The second-order valence-electron chi connectivity index (χ2n) is 7.06. The monoisotopic (exact) mass is 458 g/mol. The number of halogens is 1. The number of piperazine rings is 1. The molecular formula is C21H19FN4O5S. The van der Waals surface area contributed by atoms with Crippen LogP contribution in [0.15, 0.2) is 59.6 Å². The van der Waals surface area contributed by atoms with Crippen molar-refractivity contribution in [3.63, 3.8) is 0 Å². The van der Waals surface area contributed by atoms with Crippen molar-refractivity contribution in [2.24, 2.45) is 0 Å². The number of sulfonamides is 1. The number of aromatic nitrogens is 2. The molecule has 0 saturated carbocycles. The fourth-order valence-corrected chi connectivity index (χ4v) is 4.70. The number of carbonyl (C=O) groups is 2. The molecule has 1 aromatic heterocycles. The Kier molecular flexibility index (Phi) is 6.10. The summed E-state index contributed by atoms with van der Waals surface area (Å²) in [6.45, 7) is -0.0394. The van der Waals surface area contributed by atoms with Crippen molar-refractivity contribution >= 4 is 32.9 Å². The largest absolute Gasteiger partial charge is 0.451 e. The van der Waals surface area contributed by atoms with Crippen LogP contribution in [0.5, 0.6) is 0 Å². The lowest BCUT2D eigenvalue weighted by molar-refractivity contribution is -0.135. The molecule has 9 nitrogen and oxygen atoms in total. The number of nitrogens with zero attached hydrogens (tertiary/aromatic N) is 4. The summed E-state index contributed by atoms with van der Waals surface area (Å²) in [4.78, 5) is 34.4. The second-order valence-corrected chi connectivity index (χ2v) is 9.00. The van der Waals surface area contributed by atoms with Gasteiger partial charge in [-0.25, -0.2) is 22.6 Å². The minimum atomic E-state index is -3.78. The fourth-order valence-electron chi connectivity index (χ4n) is 3.28. The van der Waals surface area contributed by atoms with Crippen LogP contribution in [-0.2, 0) is 19.6 Å². The van der Waals surface area contributed by atoms with Crippen LogP contribution in [0.2, 0.25) is 0 Å². The Labute approximate surface area is 183 Å². The molecule has 0 aliphatic carbocycles. The van der Waals surface area contributed by atoms with Gasteiger partial charge < -0.3 is 9.64 Å². The van der Waals surface area contributed by atoms with Crippen molar-refractivity contribution in [1.82, 2.24) is 19.2 Å². The van der Waals surface area contributed by atoms with Crippen molar-refractivity contribution in [3.8, 4) is 0 Å². The highest BCUT2D eigenvalue weighted by Crippen LogP contribution is 2.18. The summed E-state index contributed by atoms with van der Waals surface area (Å²) in [5.41, 5.74) is 1.16. The van der Waals surface area contributed by atoms with Gasteiger partial charge in [0.2, 0.25) is 10.0 Å². The number of amides is 1. The number of hydrogen-bond acceptors (Lipinski definition) is 7. The summed E-state index contributed by atoms with van der Waals surface area (Å²) in [6, 6.07) is 11.6. The molecule has 0 unspecified atom stereocenters. The zero-order valence-corrected chi connectivity index (χ0v) is 17.7.